The van der Waals surface area contributed by atoms with Crippen molar-refractivity contribution in [3.63, 3.8) is 0 Å². The van der Waals surface area contributed by atoms with E-state index in [0.717, 1.165) is 4.90 Å². The topological polar surface area (TPSA) is 66.5 Å². The number of imide groups is 1. The monoisotopic (exact) mass is 224 g/mol. The van der Waals surface area contributed by atoms with E-state index in [9.17, 15) is 14.4 Å². The van der Waals surface area contributed by atoms with E-state index in [4.69, 9.17) is 0 Å². The SMILES string of the molecule is CC(=O)N1C(=O)/C(=C\C(C)C)NC(=O)[C@@H]1C. The van der Waals surface area contributed by atoms with Crippen molar-refractivity contribution in [3.05, 3.63) is 11.8 Å². The summed E-state index contributed by atoms with van der Waals surface area (Å²) in [5.74, 6) is -1.06. The van der Waals surface area contributed by atoms with Gasteiger partial charge in [0.2, 0.25) is 11.8 Å². The Morgan fingerprint density at radius 3 is 2.44 bits per heavy atom. The number of piperazine rings is 1. The predicted octanol–water partition coefficient (Wildman–Crippen LogP) is 0.420. The minimum Gasteiger partial charge on any atom is -0.320 e. The van der Waals surface area contributed by atoms with Gasteiger partial charge in [-0.3, -0.25) is 19.3 Å². The van der Waals surface area contributed by atoms with Gasteiger partial charge in [-0.05, 0) is 12.8 Å². The lowest BCUT2D eigenvalue weighted by Crippen LogP contribution is -2.57. The van der Waals surface area contributed by atoms with Crippen LogP contribution in [0, 0.1) is 5.92 Å². The molecule has 16 heavy (non-hydrogen) atoms. The first-order valence-corrected chi connectivity index (χ1v) is 5.21. The number of rotatable bonds is 1. The van der Waals surface area contributed by atoms with E-state index in [1.807, 2.05) is 13.8 Å². The van der Waals surface area contributed by atoms with Crippen LogP contribution in [0.25, 0.3) is 0 Å². The number of carbonyl (C=O) groups is 3. The van der Waals surface area contributed by atoms with Crippen molar-refractivity contribution >= 4 is 17.7 Å². The van der Waals surface area contributed by atoms with Gasteiger partial charge in [0.15, 0.2) is 0 Å². The van der Waals surface area contributed by atoms with Gasteiger partial charge in [0.1, 0.15) is 11.7 Å². The van der Waals surface area contributed by atoms with Crippen molar-refractivity contribution in [1.29, 1.82) is 0 Å². The Kier molecular flexibility index (Phi) is 3.47. The Bertz CT molecular complexity index is 371. The van der Waals surface area contributed by atoms with Gasteiger partial charge in [-0.1, -0.05) is 19.9 Å². The summed E-state index contributed by atoms with van der Waals surface area (Å²) in [4.78, 5) is 35.7. The fourth-order valence-electron chi connectivity index (χ4n) is 1.58. The van der Waals surface area contributed by atoms with Crippen LogP contribution in [0.15, 0.2) is 11.8 Å². The third-order valence-corrected chi connectivity index (χ3v) is 2.31. The summed E-state index contributed by atoms with van der Waals surface area (Å²) in [7, 11) is 0. The highest BCUT2D eigenvalue weighted by Crippen LogP contribution is 2.14. The van der Waals surface area contributed by atoms with E-state index >= 15 is 0 Å². The molecule has 0 aromatic carbocycles. The molecule has 0 spiro atoms. The summed E-state index contributed by atoms with van der Waals surface area (Å²) in [5, 5.41) is 2.51. The van der Waals surface area contributed by atoms with Crippen LogP contribution in [-0.2, 0) is 14.4 Å². The molecule has 0 unspecified atom stereocenters. The minimum absolute atomic E-state index is 0.126. The number of amides is 3. The molecule has 3 amide bonds. The van der Waals surface area contributed by atoms with E-state index in [1.54, 1.807) is 6.08 Å². The molecule has 0 aromatic heterocycles. The second kappa shape index (κ2) is 4.47. The van der Waals surface area contributed by atoms with Crippen LogP contribution in [0.3, 0.4) is 0 Å². The molecule has 5 nitrogen and oxygen atoms in total. The van der Waals surface area contributed by atoms with Crippen LogP contribution in [0.5, 0.6) is 0 Å². The number of hydrogen-bond acceptors (Lipinski definition) is 3. The first-order valence-electron chi connectivity index (χ1n) is 5.21. The fraction of sp³-hybridized carbons (Fsp3) is 0.545. The van der Waals surface area contributed by atoms with Gasteiger partial charge in [0.25, 0.3) is 5.91 Å². The molecule has 0 radical (unpaired) electrons. The zero-order valence-corrected chi connectivity index (χ0v) is 9.90. The van der Waals surface area contributed by atoms with Crippen molar-refractivity contribution in [2.45, 2.75) is 33.7 Å². The molecule has 5 heteroatoms. The fourth-order valence-corrected chi connectivity index (χ4v) is 1.58. The normalized spacial score (nSPS) is 23.9. The van der Waals surface area contributed by atoms with Crippen LogP contribution in [0.2, 0.25) is 0 Å². The average Bonchev–Trinajstić information content (AvgIpc) is 2.13. The lowest BCUT2D eigenvalue weighted by atomic mass is 10.1. The van der Waals surface area contributed by atoms with Gasteiger partial charge >= 0.3 is 0 Å². The lowest BCUT2D eigenvalue weighted by Gasteiger charge is -2.31. The van der Waals surface area contributed by atoms with E-state index in [1.165, 1.54) is 13.8 Å². The molecular weight excluding hydrogens is 208 g/mol. The van der Waals surface area contributed by atoms with Gasteiger partial charge in [0, 0.05) is 6.92 Å². The highest BCUT2D eigenvalue weighted by atomic mass is 16.2. The first-order chi connectivity index (χ1) is 7.34. The van der Waals surface area contributed by atoms with Gasteiger partial charge in [-0.25, -0.2) is 0 Å². The summed E-state index contributed by atoms with van der Waals surface area (Å²) in [6.07, 6.45) is 1.64. The molecule has 1 heterocycles. The van der Waals surface area contributed by atoms with Gasteiger partial charge in [0.05, 0.1) is 0 Å². The smallest absolute Gasteiger partial charge is 0.277 e. The molecule has 0 aromatic rings. The summed E-state index contributed by atoms with van der Waals surface area (Å²) in [5.41, 5.74) is 0.188. The molecule has 1 aliphatic heterocycles. The van der Waals surface area contributed by atoms with Gasteiger partial charge in [-0.2, -0.15) is 0 Å². The standard InChI is InChI=1S/C11H16N2O3/c1-6(2)5-9-11(16)13(8(4)14)7(3)10(15)12-9/h5-7H,1-4H3,(H,12,15)/b9-5+/t7-/m0/s1. The Morgan fingerprint density at radius 1 is 1.44 bits per heavy atom. The van der Waals surface area contributed by atoms with Crippen LogP contribution < -0.4 is 5.32 Å². The molecule has 0 aliphatic carbocycles. The average molecular weight is 224 g/mol. The molecular formula is C11H16N2O3. The molecule has 1 rings (SSSR count). The second-order valence-electron chi connectivity index (χ2n) is 4.18. The number of carbonyl (C=O) groups excluding carboxylic acids is 3. The Hall–Kier alpha value is -1.65. The van der Waals surface area contributed by atoms with Crippen molar-refractivity contribution in [1.82, 2.24) is 10.2 Å². The first kappa shape index (κ1) is 12.4. The van der Waals surface area contributed by atoms with Crippen molar-refractivity contribution in [2.24, 2.45) is 5.92 Å². The lowest BCUT2D eigenvalue weighted by molar-refractivity contribution is -0.151. The van der Waals surface area contributed by atoms with Gasteiger partial charge < -0.3 is 5.32 Å². The highest BCUT2D eigenvalue weighted by Gasteiger charge is 2.36. The van der Waals surface area contributed by atoms with Crippen molar-refractivity contribution in [3.8, 4) is 0 Å². The van der Waals surface area contributed by atoms with E-state index < -0.39 is 17.9 Å². The minimum atomic E-state index is -0.741. The molecule has 1 atom stereocenters. The zero-order chi connectivity index (χ0) is 12.5. The van der Waals surface area contributed by atoms with Crippen LogP contribution >= 0.6 is 0 Å². The number of nitrogens with one attached hydrogen (secondary N) is 1. The maximum Gasteiger partial charge on any atom is 0.277 e. The third-order valence-electron chi connectivity index (χ3n) is 2.31. The number of nitrogens with zero attached hydrogens (tertiary/aromatic N) is 1. The quantitative estimate of drug-likeness (QED) is 0.656. The summed E-state index contributed by atoms with van der Waals surface area (Å²) >= 11 is 0. The molecule has 1 saturated heterocycles. The zero-order valence-electron chi connectivity index (χ0n) is 9.90. The Morgan fingerprint density at radius 2 is 2.00 bits per heavy atom. The predicted molar refractivity (Wildman–Crippen MR) is 58.1 cm³/mol. The van der Waals surface area contributed by atoms with Crippen LogP contribution in [0.4, 0.5) is 0 Å². The third kappa shape index (κ3) is 2.29. The summed E-state index contributed by atoms with van der Waals surface area (Å²) in [6.45, 7) is 6.59. The number of allylic oxidation sites excluding steroid dienone is 1. The van der Waals surface area contributed by atoms with Crippen LogP contribution in [-0.4, -0.2) is 28.7 Å². The van der Waals surface area contributed by atoms with E-state index in [0.29, 0.717) is 0 Å². The van der Waals surface area contributed by atoms with Crippen LogP contribution in [0.1, 0.15) is 27.7 Å². The molecule has 0 bridgehead atoms. The summed E-state index contributed by atoms with van der Waals surface area (Å²) < 4.78 is 0. The Labute approximate surface area is 94.5 Å². The molecule has 1 fully saturated rings. The Balaban J connectivity index is 3.07. The van der Waals surface area contributed by atoms with E-state index in [-0.39, 0.29) is 17.5 Å². The molecule has 1 aliphatic rings. The maximum absolute atomic E-state index is 11.9. The maximum atomic E-state index is 11.9. The molecule has 0 saturated carbocycles. The number of hydrogen-bond donors (Lipinski definition) is 1. The molecule has 1 N–H and O–H groups in total. The summed E-state index contributed by atoms with van der Waals surface area (Å²) in [6, 6.07) is -0.741. The largest absolute Gasteiger partial charge is 0.320 e. The van der Waals surface area contributed by atoms with Crippen molar-refractivity contribution < 1.29 is 14.4 Å². The van der Waals surface area contributed by atoms with Crippen molar-refractivity contribution in [2.75, 3.05) is 0 Å². The van der Waals surface area contributed by atoms with E-state index in [2.05, 4.69) is 5.32 Å². The second-order valence-corrected chi connectivity index (χ2v) is 4.18. The molecule has 88 valence electrons. The van der Waals surface area contributed by atoms with Gasteiger partial charge in [-0.15, -0.1) is 0 Å². The highest BCUT2D eigenvalue weighted by molar-refractivity contribution is 6.11.